The number of para-hydroxylation sites is 1. The van der Waals surface area contributed by atoms with E-state index in [0.717, 1.165) is 41.9 Å². The fourth-order valence-electron chi connectivity index (χ4n) is 2.37. The summed E-state index contributed by atoms with van der Waals surface area (Å²) in [5.74, 6) is 1.77. The van der Waals surface area contributed by atoms with Crippen molar-refractivity contribution in [3.63, 3.8) is 0 Å². The third-order valence-corrected chi connectivity index (χ3v) is 4.43. The number of hydrogen-bond acceptors (Lipinski definition) is 4. The molecule has 4 heteroatoms. The summed E-state index contributed by atoms with van der Waals surface area (Å²) in [7, 11) is 0. The highest BCUT2D eigenvalue weighted by Crippen LogP contribution is 2.30. The molecular weight excluding hydrogens is 278 g/mol. The first-order valence-electron chi connectivity index (χ1n) is 7.40. The second-order valence-corrected chi connectivity index (χ2v) is 5.88. The average Bonchev–Trinajstić information content (AvgIpc) is 3.01. The first kappa shape index (κ1) is 14.0. The van der Waals surface area contributed by atoms with Gasteiger partial charge in [0, 0.05) is 11.9 Å². The minimum absolute atomic E-state index is 0.833. The second-order valence-electron chi connectivity index (χ2n) is 4.97. The first-order valence-corrected chi connectivity index (χ1v) is 8.28. The number of nitrogens with one attached hydrogen (secondary N) is 1. The second kappa shape index (κ2) is 6.22. The van der Waals surface area contributed by atoms with Crippen LogP contribution in [0.2, 0.25) is 0 Å². The Morgan fingerprint density at radius 3 is 2.76 bits per heavy atom. The van der Waals surface area contributed by atoms with Gasteiger partial charge in [0.1, 0.15) is 5.82 Å². The molecule has 0 spiro atoms. The van der Waals surface area contributed by atoms with Gasteiger partial charge in [0.25, 0.3) is 0 Å². The van der Waals surface area contributed by atoms with Crippen LogP contribution < -0.4 is 5.32 Å². The van der Waals surface area contributed by atoms with Crippen molar-refractivity contribution in [3.8, 4) is 10.7 Å². The molecule has 0 saturated carbocycles. The van der Waals surface area contributed by atoms with E-state index in [-0.39, 0.29) is 0 Å². The summed E-state index contributed by atoms with van der Waals surface area (Å²) in [4.78, 5) is 10.7. The highest BCUT2D eigenvalue weighted by Gasteiger charge is 2.12. The Bertz CT molecular complexity index is 749. The molecule has 0 amide bonds. The van der Waals surface area contributed by atoms with Crippen LogP contribution in [0.1, 0.15) is 25.8 Å². The molecule has 0 atom stereocenters. The number of thiophene rings is 1. The summed E-state index contributed by atoms with van der Waals surface area (Å²) in [5.41, 5.74) is 2.31. The summed E-state index contributed by atoms with van der Waals surface area (Å²) in [6, 6.07) is 10.4. The molecule has 3 nitrogen and oxygen atoms in total. The Kier molecular flexibility index (Phi) is 4.15. The van der Waals surface area contributed by atoms with Gasteiger partial charge in [-0.15, -0.1) is 11.3 Å². The summed E-state index contributed by atoms with van der Waals surface area (Å²) < 4.78 is 0. The zero-order valence-corrected chi connectivity index (χ0v) is 13.2. The van der Waals surface area contributed by atoms with Crippen molar-refractivity contribution in [2.75, 3.05) is 11.9 Å². The number of anilines is 1. The molecule has 0 aliphatic carbocycles. The molecule has 0 aliphatic rings. The molecule has 0 bridgehead atoms. The van der Waals surface area contributed by atoms with Crippen LogP contribution in [0.5, 0.6) is 0 Å². The number of aryl methyl sites for hydroxylation is 1. The van der Waals surface area contributed by atoms with E-state index in [2.05, 4.69) is 42.7 Å². The van der Waals surface area contributed by atoms with Crippen molar-refractivity contribution in [2.45, 2.75) is 26.7 Å². The van der Waals surface area contributed by atoms with Gasteiger partial charge < -0.3 is 5.32 Å². The summed E-state index contributed by atoms with van der Waals surface area (Å²) in [6.45, 7) is 5.25. The first-order chi connectivity index (χ1) is 10.3. The normalized spacial score (nSPS) is 11.0. The lowest BCUT2D eigenvalue weighted by atomic mass is 10.2. The molecule has 3 rings (SSSR count). The standard InChI is InChI=1S/C17H19N3S/c1-3-10-18-16-13-7-5-6-8-14(13)19-17(20-16)15-12(4-2)9-11-21-15/h5-9,11H,3-4,10H2,1-2H3,(H,18,19,20). The van der Waals surface area contributed by atoms with Crippen molar-refractivity contribution >= 4 is 28.1 Å². The van der Waals surface area contributed by atoms with Gasteiger partial charge in [-0.05, 0) is 42.0 Å². The molecule has 1 aromatic carbocycles. The van der Waals surface area contributed by atoms with Crippen LogP contribution >= 0.6 is 11.3 Å². The molecule has 2 heterocycles. The quantitative estimate of drug-likeness (QED) is 0.739. The molecule has 0 aliphatic heterocycles. The van der Waals surface area contributed by atoms with Gasteiger partial charge in [0.15, 0.2) is 5.82 Å². The third kappa shape index (κ3) is 2.76. The predicted octanol–water partition coefficient (Wildman–Crippen LogP) is 4.74. The zero-order chi connectivity index (χ0) is 14.7. The number of benzene rings is 1. The van der Waals surface area contributed by atoms with Crippen LogP contribution in [0.15, 0.2) is 35.7 Å². The highest BCUT2D eigenvalue weighted by molar-refractivity contribution is 7.13. The lowest BCUT2D eigenvalue weighted by Crippen LogP contribution is -2.04. The lowest BCUT2D eigenvalue weighted by Gasteiger charge is -2.10. The van der Waals surface area contributed by atoms with Crippen molar-refractivity contribution in [2.24, 2.45) is 0 Å². The number of aromatic nitrogens is 2. The fraction of sp³-hybridized carbons (Fsp3) is 0.294. The molecular formula is C17H19N3S. The van der Waals surface area contributed by atoms with E-state index >= 15 is 0 Å². The van der Waals surface area contributed by atoms with Crippen molar-refractivity contribution in [1.82, 2.24) is 9.97 Å². The van der Waals surface area contributed by atoms with Gasteiger partial charge in [-0.3, -0.25) is 0 Å². The molecule has 2 aromatic heterocycles. The minimum Gasteiger partial charge on any atom is -0.369 e. The minimum atomic E-state index is 0.833. The lowest BCUT2D eigenvalue weighted by molar-refractivity contribution is 0.970. The summed E-state index contributed by atoms with van der Waals surface area (Å²) in [6.07, 6.45) is 2.08. The number of rotatable bonds is 5. The van der Waals surface area contributed by atoms with Crippen LogP contribution in [-0.2, 0) is 6.42 Å². The van der Waals surface area contributed by atoms with Crippen LogP contribution in [0, 0.1) is 0 Å². The van der Waals surface area contributed by atoms with E-state index in [1.54, 1.807) is 11.3 Å². The highest BCUT2D eigenvalue weighted by atomic mass is 32.1. The fourth-order valence-corrected chi connectivity index (χ4v) is 3.30. The molecule has 1 N–H and O–H groups in total. The molecule has 108 valence electrons. The molecule has 0 fully saturated rings. The van der Waals surface area contributed by atoms with E-state index in [9.17, 15) is 0 Å². The third-order valence-electron chi connectivity index (χ3n) is 3.48. The van der Waals surface area contributed by atoms with E-state index in [1.807, 2.05) is 12.1 Å². The van der Waals surface area contributed by atoms with E-state index in [1.165, 1.54) is 10.4 Å². The van der Waals surface area contributed by atoms with Gasteiger partial charge in [-0.25, -0.2) is 9.97 Å². The average molecular weight is 297 g/mol. The Hall–Kier alpha value is -1.94. The van der Waals surface area contributed by atoms with Gasteiger partial charge in [0.05, 0.1) is 10.4 Å². The Morgan fingerprint density at radius 2 is 1.95 bits per heavy atom. The summed E-state index contributed by atoms with van der Waals surface area (Å²) in [5, 5.41) is 6.63. The van der Waals surface area contributed by atoms with Crippen LogP contribution in [0.4, 0.5) is 5.82 Å². The number of fused-ring (bicyclic) bond motifs is 1. The van der Waals surface area contributed by atoms with E-state index in [4.69, 9.17) is 9.97 Å². The van der Waals surface area contributed by atoms with Crippen molar-refractivity contribution in [3.05, 3.63) is 41.3 Å². The zero-order valence-electron chi connectivity index (χ0n) is 12.4. The van der Waals surface area contributed by atoms with Crippen LogP contribution in [0.25, 0.3) is 21.6 Å². The maximum atomic E-state index is 4.78. The maximum absolute atomic E-state index is 4.78. The largest absolute Gasteiger partial charge is 0.369 e. The smallest absolute Gasteiger partial charge is 0.172 e. The van der Waals surface area contributed by atoms with Gasteiger partial charge >= 0.3 is 0 Å². The monoisotopic (exact) mass is 297 g/mol. The van der Waals surface area contributed by atoms with E-state index < -0.39 is 0 Å². The van der Waals surface area contributed by atoms with Gasteiger partial charge in [-0.1, -0.05) is 26.0 Å². The van der Waals surface area contributed by atoms with Crippen molar-refractivity contribution < 1.29 is 0 Å². The van der Waals surface area contributed by atoms with Crippen LogP contribution in [-0.4, -0.2) is 16.5 Å². The molecule has 0 unspecified atom stereocenters. The molecule has 0 radical (unpaired) electrons. The number of nitrogens with zero attached hydrogens (tertiary/aromatic N) is 2. The molecule has 3 aromatic rings. The maximum Gasteiger partial charge on any atom is 0.172 e. The predicted molar refractivity (Wildman–Crippen MR) is 91.0 cm³/mol. The summed E-state index contributed by atoms with van der Waals surface area (Å²) >= 11 is 1.72. The molecule has 0 saturated heterocycles. The Labute approximate surface area is 129 Å². The van der Waals surface area contributed by atoms with Gasteiger partial charge in [0.2, 0.25) is 0 Å². The van der Waals surface area contributed by atoms with E-state index in [0.29, 0.717) is 0 Å². The Balaban J connectivity index is 2.15. The topological polar surface area (TPSA) is 37.8 Å². The van der Waals surface area contributed by atoms with Crippen molar-refractivity contribution in [1.29, 1.82) is 0 Å². The SMILES string of the molecule is CCCNc1nc(-c2sccc2CC)nc2ccccc12. The Morgan fingerprint density at radius 1 is 1.10 bits per heavy atom. The number of hydrogen-bond donors (Lipinski definition) is 1. The molecule has 21 heavy (non-hydrogen) atoms. The van der Waals surface area contributed by atoms with Crippen LogP contribution in [0.3, 0.4) is 0 Å². The van der Waals surface area contributed by atoms with Gasteiger partial charge in [-0.2, -0.15) is 0 Å².